The number of aryl methyl sites for hydroxylation is 1. The molecule has 2 aliphatic rings. The number of aromatic nitrogens is 3. The van der Waals surface area contributed by atoms with Crippen LogP contribution in [0.3, 0.4) is 0 Å². The van der Waals surface area contributed by atoms with E-state index in [0.717, 1.165) is 87.4 Å². The Morgan fingerprint density at radius 2 is 1.96 bits per heavy atom. The van der Waals surface area contributed by atoms with E-state index in [1.807, 2.05) is 6.07 Å². The summed E-state index contributed by atoms with van der Waals surface area (Å²) in [7, 11) is 0. The summed E-state index contributed by atoms with van der Waals surface area (Å²) in [5, 5.41) is 18.6. The van der Waals surface area contributed by atoms with E-state index in [1.54, 1.807) is 6.07 Å². The summed E-state index contributed by atoms with van der Waals surface area (Å²) in [5.74, 6) is 0.601. The van der Waals surface area contributed by atoms with E-state index in [4.69, 9.17) is 5.73 Å². The normalized spacial score (nSPS) is 18.9. The second-order valence-electron chi connectivity index (χ2n) is 12.1. The number of benzene rings is 1. The number of piperidine rings is 1. The molecule has 0 radical (unpaired) electrons. The molecule has 238 valence electrons. The van der Waals surface area contributed by atoms with Crippen molar-refractivity contribution in [1.82, 2.24) is 29.7 Å². The number of alkyl halides is 3. The lowest BCUT2D eigenvalue weighted by Gasteiger charge is -2.33. The predicted octanol–water partition coefficient (Wildman–Crippen LogP) is 4.75. The molecule has 3 aromatic heterocycles. The van der Waals surface area contributed by atoms with Crippen molar-refractivity contribution in [3.05, 3.63) is 64.6 Å². The third-order valence-corrected chi connectivity index (χ3v) is 10.0. The van der Waals surface area contributed by atoms with Gasteiger partial charge in [0.25, 0.3) is 0 Å². The molecule has 1 unspecified atom stereocenters. The lowest BCUT2D eigenvalue weighted by molar-refractivity contribution is -0.126. The summed E-state index contributed by atoms with van der Waals surface area (Å²) >= 11 is 1.07. The number of likely N-dealkylation sites (tertiary alicyclic amines) is 1. The summed E-state index contributed by atoms with van der Waals surface area (Å²) in [6.45, 7) is 12.8. The first-order valence-electron chi connectivity index (χ1n) is 15.3. The molecule has 6 rings (SSSR count). The summed E-state index contributed by atoms with van der Waals surface area (Å²) in [4.78, 5) is 14.2. The fraction of sp³-hybridized carbons (Fsp3) is 0.469. The Labute approximate surface area is 264 Å². The van der Waals surface area contributed by atoms with Gasteiger partial charge in [-0.15, -0.1) is 11.3 Å². The smallest absolute Gasteiger partial charge is 0.393 e. The number of fused-ring (bicyclic) bond motifs is 2. The van der Waals surface area contributed by atoms with E-state index in [9.17, 15) is 18.4 Å². The van der Waals surface area contributed by atoms with Gasteiger partial charge in [0, 0.05) is 79.9 Å². The molecule has 1 aromatic carbocycles. The highest BCUT2D eigenvalue weighted by atomic mass is 32.1. The average Bonchev–Trinajstić information content (AvgIpc) is 3.59. The van der Waals surface area contributed by atoms with Crippen molar-refractivity contribution in [2.24, 2.45) is 5.73 Å². The minimum atomic E-state index is -4.25. The first-order valence-corrected chi connectivity index (χ1v) is 16.1. The highest BCUT2D eigenvalue weighted by molar-refractivity contribution is 7.18. The van der Waals surface area contributed by atoms with Crippen molar-refractivity contribution >= 4 is 38.3 Å². The number of nitrogens with one attached hydrogen (secondary N) is 2. The summed E-state index contributed by atoms with van der Waals surface area (Å²) in [5.41, 5.74) is 10.8. The number of halogens is 3. The molecule has 5 heterocycles. The molecule has 45 heavy (non-hydrogen) atoms. The third-order valence-electron chi connectivity index (χ3n) is 9.01. The van der Waals surface area contributed by atoms with Crippen molar-refractivity contribution in [2.45, 2.75) is 57.5 Å². The first-order chi connectivity index (χ1) is 21.6. The zero-order valence-electron chi connectivity index (χ0n) is 25.3. The molecule has 2 aliphatic heterocycles. The van der Waals surface area contributed by atoms with Crippen LogP contribution in [0.15, 0.2) is 42.9 Å². The maximum absolute atomic E-state index is 12.9. The number of nitrogens with zero attached hydrogens (tertiary/aromatic N) is 6. The van der Waals surface area contributed by atoms with Gasteiger partial charge in [-0.1, -0.05) is 12.6 Å². The van der Waals surface area contributed by atoms with Crippen molar-refractivity contribution in [1.29, 1.82) is 5.26 Å². The van der Waals surface area contributed by atoms with Gasteiger partial charge in [-0.2, -0.15) is 18.4 Å². The van der Waals surface area contributed by atoms with Crippen molar-refractivity contribution in [3.63, 3.8) is 0 Å². The molecule has 0 aliphatic carbocycles. The molecule has 2 saturated heterocycles. The number of nitrogens with two attached hydrogens (primary N) is 1. The standard InChI is InChI=1S/C32H38F3N9S/c1-20-22(3-4-29-26(20)13-24(16-36)44(29)12-11-43-10-7-38-28(18-43)21(2)37)17-42-8-5-23(6-9-42)41-30-27-14-25(15-32(33,34)35)45-31(27)40-19-39-30/h3-4,13-14,19,23,28,38H,2,5-12,15,17-18,37H2,1H3,(H,39,40,41). The van der Waals surface area contributed by atoms with Crippen LogP contribution in [0.25, 0.3) is 21.1 Å². The molecular formula is C32H38F3N9S. The van der Waals surface area contributed by atoms with Crippen LogP contribution in [-0.4, -0.2) is 81.9 Å². The largest absolute Gasteiger partial charge is 0.401 e. The molecule has 0 saturated carbocycles. The van der Waals surface area contributed by atoms with Crippen molar-refractivity contribution in [3.8, 4) is 6.07 Å². The second-order valence-corrected chi connectivity index (χ2v) is 13.2. The molecule has 0 bridgehead atoms. The second kappa shape index (κ2) is 13.0. The summed E-state index contributed by atoms with van der Waals surface area (Å²) in [6.07, 6.45) is -2.01. The predicted molar refractivity (Wildman–Crippen MR) is 172 cm³/mol. The van der Waals surface area contributed by atoms with Crippen LogP contribution in [-0.2, 0) is 19.5 Å². The number of piperazine rings is 1. The summed E-state index contributed by atoms with van der Waals surface area (Å²) < 4.78 is 40.9. The highest BCUT2D eigenvalue weighted by Crippen LogP contribution is 2.33. The van der Waals surface area contributed by atoms with Gasteiger partial charge in [0.1, 0.15) is 28.7 Å². The van der Waals surface area contributed by atoms with Gasteiger partial charge < -0.3 is 20.9 Å². The van der Waals surface area contributed by atoms with E-state index < -0.39 is 12.6 Å². The molecule has 4 aromatic rings. The van der Waals surface area contributed by atoms with Crippen LogP contribution in [0.1, 0.15) is 34.5 Å². The van der Waals surface area contributed by atoms with Gasteiger partial charge in [-0.3, -0.25) is 9.80 Å². The quantitative estimate of drug-likeness (QED) is 0.241. The Balaban J connectivity index is 1.08. The molecule has 0 amide bonds. The number of nitriles is 1. The van der Waals surface area contributed by atoms with Crippen LogP contribution in [0.2, 0.25) is 0 Å². The van der Waals surface area contributed by atoms with Crippen LogP contribution in [0, 0.1) is 18.3 Å². The van der Waals surface area contributed by atoms with Crippen LogP contribution in [0.4, 0.5) is 19.0 Å². The van der Waals surface area contributed by atoms with E-state index in [-0.39, 0.29) is 17.0 Å². The molecular weight excluding hydrogens is 599 g/mol. The van der Waals surface area contributed by atoms with E-state index in [1.165, 1.54) is 17.5 Å². The first kappa shape index (κ1) is 31.3. The van der Waals surface area contributed by atoms with Crippen LogP contribution in [0.5, 0.6) is 0 Å². The number of hydrogen-bond donors (Lipinski definition) is 3. The topological polar surface area (TPSA) is 111 Å². The van der Waals surface area contributed by atoms with Gasteiger partial charge in [0.05, 0.1) is 17.8 Å². The number of thiophene rings is 1. The molecule has 2 fully saturated rings. The maximum atomic E-state index is 12.9. The van der Waals surface area contributed by atoms with Gasteiger partial charge in [0.15, 0.2) is 0 Å². The minimum absolute atomic E-state index is 0.0883. The van der Waals surface area contributed by atoms with E-state index in [0.29, 0.717) is 27.4 Å². The number of rotatable bonds is 9. The molecule has 13 heteroatoms. The van der Waals surface area contributed by atoms with Gasteiger partial charge in [-0.25, -0.2) is 9.97 Å². The monoisotopic (exact) mass is 637 g/mol. The Kier molecular flexibility index (Phi) is 9.01. The fourth-order valence-electron chi connectivity index (χ4n) is 6.50. The highest BCUT2D eigenvalue weighted by Gasteiger charge is 2.29. The zero-order chi connectivity index (χ0) is 31.7. The Morgan fingerprint density at radius 3 is 2.69 bits per heavy atom. The SMILES string of the molecule is C=C(N)C1CN(CCn2c(C#N)cc3c(C)c(CN4CCC(Nc5ncnc6sc(CC(F)(F)F)cc56)CC4)ccc32)CCN1. The van der Waals surface area contributed by atoms with Gasteiger partial charge >= 0.3 is 6.18 Å². The van der Waals surface area contributed by atoms with E-state index in [2.05, 4.69) is 66.7 Å². The average molecular weight is 638 g/mol. The molecule has 0 spiro atoms. The minimum Gasteiger partial charge on any atom is -0.401 e. The van der Waals surface area contributed by atoms with Gasteiger partial charge in [-0.05, 0) is 49.1 Å². The summed E-state index contributed by atoms with van der Waals surface area (Å²) in [6, 6.07) is 10.6. The fourth-order valence-corrected chi connectivity index (χ4v) is 7.53. The Morgan fingerprint density at radius 1 is 1.16 bits per heavy atom. The number of hydrogen-bond acceptors (Lipinski definition) is 9. The van der Waals surface area contributed by atoms with Crippen molar-refractivity contribution < 1.29 is 13.2 Å². The number of anilines is 1. The Bertz CT molecular complexity index is 1730. The lowest BCUT2D eigenvalue weighted by atomic mass is 10.0. The Hall–Kier alpha value is -3.70. The zero-order valence-corrected chi connectivity index (χ0v) is 26.1. The van der Waals surface area contributed by atoms with Gasteiger partial charge in [0.2, 0.25) is 0 Å². The maximum Gasteiger partial charge on any atom is 0.393 e. The molecule has 9 nitrogen and oxygen atoms in total. The van der Waals surface area contributed by atoms with Crippen molar-refractivity contribution in [2.75, 3.05) is 44.6 Å². The lowest BCUT2D eigenvalue weighted by Crippen LogP contribution is -2.53. The molecule has 1 atom stereocenters. The van der Waals surface area contributed by atoms with E-state index >= 15 is 0 Å². The molecule has 4 N–H and O–H groups in total. The van der Waals surface area contributed by atoms with Crippen LogP contribution >= 0.6 is 11.3 Å². The van der Waals surface area contributed by atoms with Crippen LogP contribution < -0.4 is 16.4 Å². The third kappa shape index (κ3) is 7.09.